The van der Waals surface area contributed by atoms with Gasteiger partial charge in [-0.2, -0.15) is 0 Å². The van der Waals surface area contributed by atoms with Gasteiger partial charge in [-0.25, -0.2) is 4.39 Å². The SMILES string of the molecule is COc1ccccc1S[C@H](c1ccccc1F)[C@H]1CNCCO1.Cl. The highest BCUT2D eigenvalue weighted by molar-refractivity contribution is 7.99. The molecular weight excluding hydrogens is 349 g/mol. The van der Waals surface area contributed by atoms with E-state index < -0.39 is 0 Å². The molecule has 1 fully saturated rings. The van der Waals surface area contributed by atoms with Gasteiger partial charge < -0.3 is 14.8 Å². The summed E-state index contributed by atoms with van der Waals surface area (Å²) in [5, 5.41) is 3.19. The van der Waals surface area contributed by atoms with Crippen molar-refractivity contribution >= 4 is 24.2 Å². The third-order valence-corrected chi connectivity index (χ3v) is 5.23. The van der Waals surface area contributed by atoms with E-state index in [0.717, 1.165) is 17.2 Å². The van der Waals surface area contributed by atoms with Gasteiger partial charge in [0.05, 0.1) is 30.0 Å². The van der Waals surface area contributed by atoms with Gasteiger partial charge in [0.15, 0.2) is 0 Å². The van der Waals surface area contributed by atoms with Crippen LogP contribution in [-0.4, -0.2) is 32.9 Å². The molecule has 1 N–H and O–H groups in total. The molecule has 3 nitrogen and oxygen atoms in total. The summed E-state index contributed by atoms with van der Waals surface area (Å²) in [6.07, 6.45) is -0.0874. The molecule has 3 rings (SSSR count). The molecule has 0 aliphatic carbocycles. The number of morpholine rings is 1. The summed E-state index contributed by atoms with van der Waals surface area (Å²) in [7, 11) is 1.65. The van der Waals surface area contributed by atoms with Crippen molar-refractivity contribution in [2.75, 3.05) is 26.8 Å². The quantitative estimate of drug-likeness (QED) is 0.804. The Hall–Kier alpha value is -1.27. The lowest BCUT2D eigenvalue weighted by molar-refractivity contribution is 0.0268. The lowest BCUT2D eigenvalue weighted by atomic mass is 10.1. The van der Waals surface area contributed by atoms with E-state index in [1.54, 1.807) is 24.9 Å². The average molecular weight is 370 g/mol. The second-order valence-electron chi connectivity index (χ2n) is 5.32. The molecule has 2 aromatic rings. The van der Waals surface area contributed by atoms with E-state index in [2.05, 4.69) is 5.32 Å². The third-order valence-electron chi connectivity index (χ3n) is 3.83. The van der Waals surface area contributed by atoms with Crippen molar-refractivity contribution in [3.05, 3.63) is 59.9 Å². The summed E-state index contributed by atoms with van der Waals surface area (Å²) < 4.78 is 25.7. The zero-order valence-corrected chi connectivity index (χ0v) is 15.0. The van der Waals surface area contributed by atoms with Crippen LogP contribution in [0.2, 0.25) is 0 Å². The highest BCUT2D eigenvalue weighted by Crippen LogP contribution is 2.43. The van der Waals surface area contributed by atoms with Crippen molar-refractivity contribution in [1.82, 2.24) is 5.32 Å². The molecule has 1 heterocycles. The van der Waals surface area contributed by atoms with E-state index in [4.69, 9.17) is 9.47 Å². The van der Waals surface area contributed by atoms with Gasteiger partial charge in [0, 0.05) is 18.7 Å². The molecule has 0 radical (unpaired) electrons. The Balaban J connectivity index is 0.00000208. The van der Waals surface area contributed by atoms with Crippen LogP contribution in [0.3, 0.4) is 0 Å². The number of ether oxygens (including phenoxy) is 2. The predicted molar refractivity (Wildman–Crippen MR) is 97.8 cm³/mol. The molecule has 0 bridgehead atoms. The maximum atomic E-state index is 14.4. The van der Waals surface area contributed by atoms with Crippen LogP contribution in [-0.2, 0) is 4.74 Å². The van der Waals surface area contributed by atoms with Gasteiger partial charge >= 0.3 is 0 Å². The number of rotatable bonds is 5. The summed E-state index contributed by atoms with van der Waals surface area (Å²) in [6, 6.07) is 14.7. The first-order valence-corrected chi connectivity index (χ1v) is 8.54. The second-order valence-corrected chi connectivity index (χ2v) is 6.51. The highest BCUT2D eigenvalue weighted by Gasteiger charge is 2.29. The van der Waals surface area contributed by atoms with Crippen LogP contribution in [0.1, 0.15) is 10.8 Å². The Morgan fingerprint density at radius 1 is 1.21 bits per heavy atom. The molecule has 130 valence electrons. The minimum absolute atomic E-state index is 0. The van der Waals surface area contributed by atoms with Crippen molar-refractivity contribution < 1.29 is 13.9 Å². The Bertz CT molecular complexity index is 652. The van der Waals surface area contributed by atoms with Crippen molar-refractivity contribution in [3.8, 4) is 5.75 Å². The van der Waals surface area contributed by atoms with Gasteiger partial charge in [-0.15, -0.1) is 24.2 Å². The number of benzene rings is 2. The fourth-order valence-corrected chi connectivity index (χ4v) is 4.02. The minimum atomic E-state index is -0.200. The van der Waals surface area contributed by atoms with Crippen LogP contribution < -0.4 is 10.1 Å². The topological polar surface area (TPSA) is 30.5 Å². The Morgan fingerprint density at radius 3 is 2.67 bits per heavy atom. The van der Waals surface area contributed by atoms with Crippen molar-refractivity contribution in [2.24, 2.45) is 0 Å². The summed E-state index contributed by atoms with van der Waals surface area (Å²) >= 11 is 1.58. The van der Waals surface area contributed by atoms with Crippen LogP contribution in [0.5, 0.6) is 5.75 Å². The highest BCUT2D eigenvalue weighted by atomic mass is 35.5. The average Bonchev–Trinajstić information content (AvgIpc) is 2.61. The number of hydrogen-bond donors (Lipinski definition) is 1. The lowest BCUT2D eigenvalue weighted by Gasteiger charge is -2.31. The fraction of sp³-hybridized carbons (Fsp3) is 0.333. The molecule has 2 aromatic carbocycles. The standard InChI is InChI=1S/C18H20FNO2S.ClH/c1-21-15-8-4-5-9-17(15)23-18(16-12-20-10-11-22-16)13-6-2-3-7-14(13)19;/h2-9,16,18,20H,10-12H2,1H3;1H/t16-,18-;/m1./s1. The molecule has 1 aliphatic rings. The second kappa shape index (κ2) is 9.28. The fourth-order valence-electron chi connectivity index (χ4n) is 2.68. The van der Waals surface area contributed by atoms with Crippen LogP contribution in [0.15, 0.2) is 53.4 Å². The van der Waals surface area contributed by atoms with Crippen molar-refractivity contribution in [1.29, 1.82) is 0 Å². The maximum absolute atomic E-state index is 14.4. The third kappa shape index (κ3) is 4.42. The summed E-state index contributed by atoms with van der Waals surface area (Å²) in [5.74, 6) is 0.594. The molecule has 1 aliphatic heterocycles. The van der Waals surface area contributed by atoms with Crippen LogP contribution in [0.25, 0.3) is 0 Å². The Kier molecular flexibility index (Phi) is 7.37. The molecule has 2 atom stereocenters. The van der Waals surface area contributed by atoms with E-state index in [9.17, 15) is 4.39 Å². The van der Waals surface area contributed by atoms with Crippen LogP contribution in [0, 0.1) is 5.82 Å². The molecule has 0 saturated carbocycles. The van der Waals surface area contributed by atoms with Gasteiger partial charge in [0.1, 0.15) is 11.6 Å². The molecule has 0 amide bonds. The molecule has 0 aromatic heterocycles. The van der Waals surface area contributed by atoms with Gasteiger partial charge in [-0.1, -0.05) is 30.3 Å². The zero-order valence-electron chi connectivity index (χ0n) is 13.4. The van der Waals surface area contributed by atoms with Crippen LogP contribution in [0.4, 0.5) is 4.39 Å². The Labute approximate surface area is 152 Å². The van der Waals surface area contributed by atoms with Gasteiger partial charge in [-0.05, 0) is 18.2 Å². The van der Waals surface area contributed by atoms with Crippen molar-refractivity contribution in [2.45, 2.75) is 16.2 Å². The molecule has 0 unspecified atom stereocenters. The zero-order chi connectivity index (χ0) is 16.1. The first-order chi connectivity index (χ1) is 11.3. The first-order valence-electron chi connectivity index (χ1n) is 7.66. The van der Waals surface area contributed by atoms with Gasteiger partial charge in [-0.3, -0.25) is 0 Å². The first kappa shape index (κ1) is 19.1. The maximum Gasteiger partial charge on any atom is 0.132 e. The predicted octanol–water partition coefficient (Wildman–Crippen LogP) is 4.08. The lowest BCUT2D eigenvalue weighted by Crippen LogP contribution is -2.41. The molecular formula is C18H21ClFNO2S. The largest absolute Gasteiger partial charge is 0.496 e. The summed E-state index contributed by atoms with van der Waals surface area (Å²) in [6.45, 7) is 2.18. The smallest absolute Gasteiger partial charge is 0.132 e. The molecule has 24 heavy (non-hydrogen) atoms. The van der Waals surface area contributed by atoms with E-state index in [1.807, 2.05) is 36.4 Å². The van der Waals surface area contributed by atoms with Gasteiger partial charge in [0.25, 0.3) is 0 Å². The molecule has 0 spiro atoms. The van der Waals surface area contributed by atoms with Crippen molar-refractivity contribution in [3.63, 3.8) is 0 Å². The number of methoxy groups -OCH3 is 1. The van der Waals surface area contributed by atoms with E-state index in [0.29, 0.717) is 18.7 Å². The summed E-state index contributed by atoms with van der Waals surface area (Å²) in [4.78, 5) is 0.984. The van der Waals surface area contributed by atoms with Gasteiger partial charge in [0.2, 0.25) is 0 Å². The Morgan fingerprint density at radius 2 is 1.96 bits per heavy atom. The molecule has 1 saturated heterocycles. The van der Waals surface area contributed by atoms with E-state index in [1.165, 1.54) is 6.07 Å². The van der Waals surface area contributed by atoms with E-state index >= 15 is 0 Å². The summed E-state index contributed by atoms with van der Waals surface area (Å²) in [5.41, 5.74) is 0.664. The molecule has 6 heteroatoms. The number of halogens is 2. The minimum Gasteiger partial charge on any atom is -0.496 e. The monoisotopic (exact) mass is 369 g/mol. The van der Waals surface area contributed by atoms with E-state index in [-0.39, 0.29) is 29.6 Å². The number of para-hydroxylation sites is 1. The number of thioether (sulfide) groups is 1. The normalized spacial score (nSPS) is 18.5. The number of nitrogens with one attached hydrogen (secondary N) is 1. The number of hydrogen-bond acceptors (Lipinski definition) is 4. The van der Waals surface area contributed by atoms with Crippen LogP contribution >= 0.6 is 24.2 Å².